The molecule has 0 saturated heterocycles. The number of nitrogens with zero attached hydrogens (tertiary/aromatic N) is 3. The van der Waals surface area contributed by atoms with E-state index < -0.39 is 0 Å². The van der Waals surface area contributed by atoms with Gasteiger partial charge in [-0.15, -0.1) is 0 Å². The van der Waals surface area contributed by atoms with Crippen molar-refractivity contribution in [3.05, 3.63) is 199 Å². The van der Waals surface area contributed by atoms with Gasteiger partial charge in [0, 0.05) is 33.9 Å². The summed E-state index contributed by atoms with van der Waals surface area (Å²) in [5.74, 6) is 0. The van der Waals surface area contributed by atoms with Crippen LogP contribution < -0.4 is 0 Å². The Morgan fingerprint density at radius 1 is 0.627 bits per heavy atom. The van der Waals surface area contributed by atoms with E-state index in [4.69, 9.17) is 0 Å². The van der Waals surface area contributed by atoms with Crippen molar-refractivity contribution in [2.45, 2.75) is 20.3 Å². The van der Waals surface area contributed by atoms with Crippen molar-refractivity contribution < 1.29 is 9.85 Å². The van der Waals surface area contributed by atoms with Crippen LogP contribution in [-0.2, 0) is 6.42 Å². The largest absolute Gasteiger partial charge is 0.316 e. The van der Waals surface area contributed by atoms with Gasteiger partial charge in [-0.05, 0) is 102 Å². The van der Waals surface area contributed by atoms with E-state index in [-0.39, 0.29) is 21.2 Å². The number of hydrogen-bond acceptors (Lipinski definition) is 4. The molecule has 7 nitrogen and oxygen atoms in total. The Labute approximate surface area is 304 Å². The molecular weight excluding hydrogens is 702 g/mol. The molecule has 252 valence electrons. The van der Waals surface area contributed by atoms with Crippen molar-refractivity contribution in [2.75, 3.05) is 0 Å². The first-order valence-corrected chi connectivity index (χ1v) is 17.2. The van der Waals surface area contributed by atoms with Gasteiger partial charge in [-0.1, -0.05) is 107 Å². The number of rotatable bonds is 5. The number of para-hydroxylation sites is 3. The van der Waals surface area contributed by atoms with Crippen LogP contribution >= 0.6 is 15.9 Å². The number of benzene rings is 6. The predicted octanol–water partition coefficient (Wildman–Crippen LogP) is 12.1. The van der Waals surface area contributed by atoms with Gasteiger partial charge in [0.1, 0.15) is 0 Å². The molecule has 1 heterocycles. The summed E-state index contributed by atoms with van der Waals surface area (Å²) >= 11 is 3.40. The molecule has 51 heavy (non-hydrogen) atoms. The molecule has 1 aliphatic carbocycles. The first kappa shape index (κ1) is 34.7. The van der Waals surface area contributed by atoms with Gasteiger partial charge in [-0.25, -0.2) is 0 Å². The van der Waals surface area contributed by atoms with E-state index in [1.54, 1.807) is 30.3 Å². The normalized spacial score (nSPS) is 11.2. The standard InChI is InChI=1S/C21H16N2O2.C15H11NO2.C7H7Br/c1-15-6-2-4-8-19(15)22-13-12-17-14-16(10-11-20(17)22)18-7-3-5-9-21(18)23(24)25;17-16(18)15-7-2-1-6-14(15)13-9-8-11-4-3-5-12(11)10-13;1-6-4-2-3-5-7(6)8/h2-14H,1H3;1-3,5-10H,4H2;2-5H,1H3. The van der Waals surface area contributed by atoms with E-state index in [9.17, 15) is 20.2 Å². The van der Waals surface area contributed by atoms with Gasteiger partial charge < -0.3 is 4.57 Å². The molecule has 0 fully saturated rings. The maximum atomic E-state index is 11.3. The number of aryl methyl sites for hydroxylation is 2. The summed E-state index contributed by atoms with van der Waals surface area (Å²) < 4.78 is 3.33. The van der Waals surface area contributed by atoms with Crippen LogP contribution in [0, 0.1) is 34.1 Å². The van der Waals surface area contributed by atoms with Crippen LogP contribution in [0.2, 0.25) is 0 Å². The Kier molecular flexibility index (Phi) is 10.6. The van der Waals surface area contributed by atoms with E-state index in [0.29, 0.717) is 11.1 Å². The number of hydrogen-bond donors (Lipinski definition) is 0. The summed E-state index contributed by atoms with van der Waals surface area (Å²) in [6.45, 7) is 4.16. The molecule has 0 N–H and O–H groups in total. The average Bonchev–Trinajstić information content (AvgIpc) is 3.80. The summed E-state index contributed by atoms with van der Waals surface area (Å²) in [7, 11) is 0. The molecule has 0 radical (unpaired) electrons. The minimum absolute atomic E-state index is 0.125. The number of halogens is 1. The van der Waals surface area contributed by atoms with Gasteiger partial charge in [0.05, 0.1) is 26.5 Å². The van der Waals surface area contributed by atoms with Crippen LogP contribution in [0.1, 0.15) is 22.3 Å². The molecule has 1 aromatic heterocycles. The highest BCUT2D eigenvalue weighted by Crippen LogP contribution is 2.34. The molecule has 0 unspecified atom stereocenters. The van der Waals surface area contributed by atoms with Crippen molar-refractivity contribution in [3.8, 4) is 27.9 Å². The molecule has 0 amide bonds. The molecule has 0 saturated carbocycles. The Bertz CT molecular complexity index is 2390. The van der Waals surface area contributed by atoms with Crippen LogP contribution in [0.3, 0.4) is 0 Å². The highest BCUT2D eigenvalue weighted by atomic mass is 79.9. The maximum absolute atomic E-state index is 11.3. The lowest BCUT2D eigenvalue weighted by Gasteiger charge is -2.09. The first-order valence-electron chi connectivity index (χ1n) is 16.4. The van der Waals surface area contributed by atoms with Gasteiger partial charge in [0.25, 0.3) is 11.4 Å². The number of fused-ring (bicyclic) bond motifs is 2. The fourth-order valence-corrected chi connectivity index (χ4v) is 6.36. The van der Waals surface area contributed by atoms with Gasteiger partial charge in [-0.2, -0.15) is 0 Å². The maximum Gasteiger partial charge on any atom is 0.277 e. The Hall–Kier alpha value is -6.12. The monoisotopic (exact) mass is 735 g/mol. The van der Waals surface area contributed by atoms with Crippen LogP contribution in [0.5, 0.6) is 0 Å². The third-order valence-corrected chi connectivity index (χ3v) is 9.64. The van der Waals surface area contributed by atoms with E-state index in [1.807, 2.05) is 91.1 Å². The van der Waals surface area contributed by atoms with Crippen molar-refractivity contribution in [2.24, 2.45) is 0 Å². The number of nitro groups is 2. The summed E-state index contributed by atoms with van der Waals surface area (Å²) in [5.41, 5.74) is 10.5. The van der Waals surface area contributed by atoms with Crippen LogP contribution in [-0.4, -0.2) is 14.4 Å². The molecule has 1 aliphatic rings. The summed E-state index contributed by atoms with van der Waals surface area (Å²) in [6, 6.07) is 44.1. The number of aromatic nitrogens is 1. The van der Waals surface area contributed by atoms with Crippen molar-refractivity contribution >= 4 is 44.3 Å². The van der Waals surface area contributed by atoms with Crippen LogP contribution in [0.4, 0.5) is 11.4 Å². The molecule has 0 spiro atoms. The topological polar surface area (TPSA) is 91.2 Å². The lowest BCUT2D eigenvalue weighted by atomic mass is 9.99. The van der Waals surface area contributed by atoms with Gasteiger partial charge in [0.2, 0.25) is 0 Å². The quantitative estimate of drug-likeness (QED) is 0.130. The zero-order valence-electron chi connectivity index (χ0n) is 28.1. The van der Waals surface area contributed by atoms with Crippen LogP contribution in [0.15, 0.2) is 156 Å². The minimum Gasteiger partial charge on any atom is -0.316 e. The fourth-order valence-electron chi connectivity index (χ4n) is 6.08. The second-order valence-electron chi connectivity index (χ2n) is 12.1. The molecule has 8 rings (SSSR count). The Morgan fingerprint density at radius 3 is 1.80 bits per heavy atom. The van der Waals surface area contributed by atoms with E-state index in [2.05, 4.69) is 64.7 Å². The highest BCUT2D eigenvalue weighted by Gasteiger charge is 2.17. The number of allylic oxidation sites excluding steroid dienone is 1. The Balaban J connectivity index is 0.000000150. The summed E-state index contributed by atoms with van der Waals surface area (Å²) in [6.07, 6.45) is 7.16. The molecule has 7 aromatic rings. The van der Waals surface area contributed by atoms with Crippen molar-refractivity contribution in [1.29, 1.82) is 0 Å². The minimum atomic E-state index is -0.335. The van der Waals surface area contributed by atoms with E-state index in [0.717, 1.165) is 39.7 Å². The van der Waals surface area contributed by atoms with Gasteiger partial charge in [0.15, 0.2) is 0 Å². The molecule has 0 atom stereocenters. The molecule has 0 aliphatic heterocycles. The third-order valence-electron chi connectivity index (χ3n) is 8.75. The highest BCUT2D eigenvalue weighted by molar-refractivity contribution is 9.10. The smallest absolute Gasteiger partial charge is 0.277 e. The lowest BCUT2D eigenvalue weighted by molar-refractivity contribution is -0.384. The zero-order chi connectivity index (χ0) is 35.9. The average molecular weight is 737 g/mol. The number of nitro benzene ring substituents is 2. The second-order valence-corrected chi connectivity index (χ2v) is 12.9. The lowest BCUT2D eigenvalue weighted by Crippen LogP contribution is -1.95. The zero-order valence-corrected chi connectivity index (χ0v) is 29.7. The Morgan fingerprint density at radius 2 is 1.20 bits per heavy atom. The predicted molar refractivity (Wildman–Crippen MR) is 210 cm³/mol. The summed E-state index contributed by atoms with van der Waals surface area (Å²) in [5, 5.41) is 23.4. The second kappa shape index (κ2) is 15.6. The van der Waals surface area contributed by atoms with Crippen molar-refractivity contribution in [3.63, 3.8) is 0 Å². The van der Waals surface area contributed by atoms with Gasteiger partial charge >= 0.3 is 0 Å². The van der Waals surface area contributed by atoms with Gasteiger partial charge in [-0.3, -0.25) is 20.2 Å². The molecule has 8 heteroatoms. The fraction of sp³-hybridized carbons (Fsp3) is 0.0698. The molecular formula is C43H34BrN3O4. The van der Waals surface area contributed by atoms with E-state index >= 15 is 0 Å². The SMILES string of the molecule is Cc1ccccc1-n1ccc2cc(-c3ccccc3[N+](=O)[O-])ccc21.Cc1ccccc1Br.O=[N+]([O-])c1ccccc1-c1ccc2c(c1)C=CC2. The molecule has 6 aromatic carbocycles. The van der Waals surface area contributed by atoms with E-state index in [1.165, 1.54) is 27.2 Å². The molecule has 0 bridgehead atoms. The third kappa shape index (κ3) is 7.87. The van der Waals surface area contributed by atoms with Crippen LogP contribution in [0.25, 0.3) is 44.9 Å². The van der Waals surface area contributed by atoms with Crippen molar-refractivity contribution in [1.82, 2.24) is 4.57 Å². The first-order chi connectivity index (χ1) is 24.7. The summed E-state index contributed by atoms with van der Waals surface area (Å²) in [4.78, 5) is 21.6.